The van der Waals surface area contributed by atoms with Crippen LogP contribution in [0, 0.1) is 5.92 Å². The molecule has 0 bridgehead atoms. The van der Waals surface area contributed by atoms with Gasteiger partial charge in [-0.1, -0.05) is 26.2 Å². The molecule has 19 heavy (non-hydrogen) atoms. The summed E-state index contributed by atoms with van der Waals surface area (Å²) in [5.74, 6) is 5.98. The lowest BCUT2D eigenvalue weighted by molar-refractivity contribution is 0.0916. The number of aromatic nitrogens is 2. The monoisotopic (exact) mass is 263 g/mol. The second-order valence-corrected chi connectivity index (χ2v) is 5.13. The minimum atomic E-state index is -0.177. The van der Waals surface area contributed by atoms with Gasteiger partial charge < -0.3 is 10.7 Å². The van der Waals surface area contributed by atoms with Crippen LogP contribution in [0.2, 0.25) is 0 Å². The fraction of sp³-hybridized carbons (Fsp3) is 0.615. The summed E-state index contributed by atoms with van der Waals surface area (Å²) in [6, 6.07) is 0.228. The summed E-state index contributed by atoms with van der Waals surface area (Å²) in [6.45, 7) is 2.19. The fourth-order valence-electron chi connectivity index (χ4n) is 2.49. The molecule has 1 aliphatic rings. The van der Waals surface area contributed by atoms with E-state index in [2.05, 4.69) is 27.6 Å². The van der Waals surface area contributed by atoms with Crippen molar-refractivity contribution in [3.8, 4) is 0 Å². The number of anilines is 1. The number of nitrogens with zero attached hydrogens (tertiary/aromatic N) is 2. The van der Waals surface area contributed by atoms with E-state index in [4.69, 9.17) is 5.84 Å². The van der Waals surface area contributed by atoms with E-state index in [1.165, 1.54) is 38.1 Å². The first-order valence-electron chi connectivity index (χ1n) is 6.80. The van der Waals surface area contributed by atoms with Gasteiger partial charge >= 0.3 is 0 Å². The van der Waals surface area contributed by atoms with Gasteiger partial charge in [0.1, 0.15) is 5.69 Å². The van der Waals surface area contributed by atoms with Gasteiger partial charge in [0.15, 0.2) is 5.82 Å². The molecular formula is C13H21N5O. The lowest BCUT2D eigenvalue weighted by Gasteiger charge is -2.22. The Bertz CT molecular complexity index is 437. The molecule has 0 saturated heterocycles. The Kier molecular flexibility index (Phi) is 4.68. The van der Waals surface area contributed by atoms with E-state index in [0.717, 1.165) is 6.42 Å². The Morgan fingerprint density at radius 1 is 1.32 bits per heavy atom. The maximum atomic E-state index is 12.2. The highest BCUT2D eigenvalue weighted by atomic mass is 16.2. The van der Waals surface area contributed by atoms with Gasteiger partial charge in [0.05, 0.1) is 12.4 Å². The van der Waals surface area contributed by atoms with E-state index < -0.39 is 0 Å². The van der Waals surface area contributed by atoms with Crippen molar-refractivity contribution in [3.05, 3.63) is 18.1 Å². The number of carbonyl (C=O) groups excluding carboxylic acids is 1. The molecule has 0 radical (unpaired) electrons. The van der Waals surface area contributed by atoms with Crippen LogP contribution in [0.25, 0.3) is 0 Å². The summed E-state index contributed by atoms with van der Waals surface area (Å²) in [7, 11) is 0. The van der Waals surface area contributed by atoms with Crippen LogP contribution in [-0.2, 0) is 0 Å². The molecule has 1 saturated carbocycles. The first-order valence-corrected chi connectivity index (χ1v) is 6.80. The quantitative estimate of drug-likeness (QED) is 0.436. The number of hydrogen-bond acceptors (Lipinski definition) is 5. The molecule has 2 atom stereocenters. The van der Waals surface area contributed by atoms with Crippen LogP contribution in [0.5, 0.6) is 0 Å². The molecule has 1 amide bonds. The molecule has 1 fully saturated rings. The number of nitrogen functional groups attached to an aromatic ring is 1. The molecule has 104 valence electrons. The minimum Gasteiger partial charge on any atom is -0.348 e. The average Bonchev–Trinajstić information content (AvgIpc) is 2.64. The predicted molar refractivity (Wildman–Crippen MR) is 73.3 cm³/mol. The normalized spacial score (nSPS) is 23.5. The summed E-state index contributed by atoms with van der Waals surface area (Å²) in [5, 5.41) is 3.07. The predicted octanol–water partition coefficient (Wildman–Crippen LogP) is 1.46. The third kappa shape index (κ3) is 3.64. The average molecular weight is 263 g/mol. The maximum Gasteiger partial charge on any atom is 0.271 e. The van der Waals surface area contributed by atoms with Crippen molar-refractivity contribution in [3.63, 3.8) is 0 Å². The van der Waals surface area contributed by atoms with Gasteiger partial charge in [0.2, 0.25) is 0 Å². The Morgan fingerprint density at radius 3 is 2.89 bits per heavy atom. The van der Waals surface area contributed by atoms with Crippen molar-refractivity contribution < 1.29 is 4.79 Å². The second kappa shape index (κ2) is 6.47. The molecule has 0 aromatic carbocycles. The fourth-order valence-corrected chi connectivity index (χ4v) is 2.49. The molecule has 0 spiro atoms. The zero-order valence-corrected chi connectivity index (χ0v) is 11.2. The SMILES string of the molecule is CC1CCCCCC1NC(=O)c1cncc(NN)n1. The number of carbonyl (C=O) groups is 1. The number of hydrazine groups is 1. The Labute approximate surface area is 113 Å². The van der Waals surface area contributed by atoms with Crippen LogP contribution in [-0.4, -0.2) is 21.9 Å². The highest BCUT2D eigenvalue weighted by Crippen LogP contribution is 2.23. The van der Waals surface area contributed by atoms with Crippen LogP contribution in [0.1, 0.15) is 49.5 Å². The topological polar surface area (TPSA) is 92.9 Å². The Hall–Kier alpha value is -1.69. The molecule has 2 unspecified atom stereocenters. The molecular weight excluding hydrogens is 242 g/mol. The van der Waals surface area contributed by atoms with Crippen LogP contribution in [0.4, 0.5) is 5.82 Å². The number of nitrogens with two attached hydrogens (primary N) is 1. The number of rotatable bonds is 3. The summed E-state index contributed by atoms with van der Waals surface area (Å²) in [6.07, 6.45) is 8.81. The lowest BCUT2D eigenvalue weighted by Crippen LogP contribution is -2.39. The Morgan fingerprint density at radius 2 is 2.11 bits per heavy atom. The highest BCUT2D eigenvalue weighted by Gasteiger charge is 2.22. The Balaban J connectivity index is 2.02. The van der Waals surface area contributed by atoms with Gasteiger partial charge in [-0.05, 0) is 18.8 Å². The standard InChI is InChI=1S/C13H21N5O/c1-9-5-3-2-4-6-10(9)17-13(19)11-7-15-8-12(16-11)18-14/h7-10H,2-6,14H2,1H3,(H,16,18)(H,17,19). The van der Waals surface area contributed by atoms with Gasteiger partial charge in [-0.15, -0.1) is 0 Å². The molecule has 6 heteroatoms. The summed E-state index contributed by atoms with van der Waals surface area (Å²) in [5.41, 5.74) is 2.69. The van der Waals surface area contributed by atoms with Crippen LogP contribution in [0.3, 0.4) is 0 Å². The van der Waals surface area contributed by atoms with Crippen molar-refractivity contribution in [2.24, 2.45) is 11.8 Å². The van der Waals surface area contributed by atoms with E-state index in [9.17, 15) is 4.79 Å². The largest absolute Gasteiger partial charge is 0.348 e. The molecule has 1 aliphatic carbocycles. The molecule has 1 aromatic rings. The van der Waals surface area contributed by atoms with Gasteiger partial charge in [0.25, 0.3) is 5.91 Å². The van der Waals surface area contributed by atoms with Crippen molar-refractivity contribution in [1.82, 2.24) is 15.3 Å². The zero-order chi connectivity index (χ0) is 13.7. The molecule has 6 nitrogen and oxygen atoms in total. The summed E-state index contributed by atoms with van der Waals surface area (Å²) >= 11 is 0. The molecule has 1 aromatic heterocycles. The van der Waals surface area contributed by atoms with E-state index in [1.807, 2.05) is 0 Å². The maximum absolute atomic E-state index is 12.2. The van der Waals surface area contributed by atoms with Gasteiger partial charge in [-0.3, -0.25) is 9.78 Å². The van der Waals surface area contributed by atoms with Gasteiger partial charge in [-0.2, -0.15) is 0 Å². The van der Waals surface area contributed by atoms with E-state index in [0.29, 0.717) is 17.4 Å². The second-order valence-electron chi connectivity index (χ2n) is 5.13. The summed E-state index contributed by atoms with van der Waals surface area (Å²) < 4.78 is 0. The number of hydrogen-bond donors (Lipinski definition) is 3. The van der Waals surface area contributed by atoms with E-state index in [1.54, 1.807) is 0 Å². The van der Waals surface area contributed by atoms with Crippen LogP contribution < -0.4 is 16.6 Å². The van der Waals surface area contributed by atoms with Crippen molar-refractivity contribution in [2.45, 2.75) is 45.1 Å². The van der Waals surface area contributed by atoms with Crippen molar-refractivity contribution in [2.75, 3.05) is 5.43 Å². The van der Waals surface area contributed by atoms with Gasteiger partial charge in [0, 0.05) is 6.04 Å². The lowest BCUT2D eigenvalue weighted by atomic mass is 9.97. The highest BCUT2D eigenvalue weighted by molar-refractivity contribution is 5.92. The number of amides is 1. The third-order valence-corrected chi connectivity index (χ3v) is 3.69. The third-order valence-electron chi connectivity index (χ3n) is 3.69. The van der Waals surface area contributed by atoms with E-state index >= 15 is 0 Å². The zero-order valence-electron chi connectivity index (χ0n) is 11.2. The smallest absolute Gasteiger partial charge is 0.271 e. The van der Waals surface area contributed by atoms with Crippen molar-refractivity contribution >= 4 is 11.7 Å². The van der Waals surface area contributed by atoms with E-state index in [-0.39, 0.29) is 11.9 Å². The van der Waals surface area contributed by atoms with Crippen LogP contribution in [0.15, 0.2) is 12.4 Å². The number of nitrogens with one attached hydrogen (secondary N) is 2. The van der Waals surface area contributed by atoms with Crippen LogP contribution >= 0.6 is 0 Å². The minimum absolute atomic E-state index is 0.177. The molecule has 0 aliphatic heterocycles. The first-order chi connectivity index (χ1) is 9.20. The molecule has 1 heterocycles. The first kappa shape index (κ1) is 13.7. The summed E-state index contributed by atoms with van der Waals surface area (Å²) in [4.78, 5) is 20.2. The molecule has 4 N–H and O–H groups in total. The van der Waals surface area contributed by atoms with Crippen molar-refractivity contribution in [1.29, 1.82) is 0 Å². The van der Waals surface area contributed by atoms with Gasteiger partial charge in [-0.25, -0.2) is 10.8 Å². The molecule has 2 rings (SSSR count).